The second-order valence-corrected chi connectivity index (χ2v) is 5.33. The summed E-state index contributed by atoms with van der Waals surface area (Å²) >= 11 is 1.81. The van der Waals surface area contributed by atoms with Crippen molar-refractivity contribution in [2.45, 2.75) is 30.9 Å². The molecule has 1 heterocycles. The lowest BCUT2D eigenvalue weighted by atomic mass is 10.3. The smallest absolute Gasteiger partial charge is 0.175 e. The lowest BCUT2D eigenvalue weighted by Crippen LogP contribution is -2.05. The lowest BCUT2D eigenvalue weighted by Gasteiger charge is -2.06. The molecule has 3 nitrogen and oxygen atoms in total. The third-order valence-corrected chi connectivity index (χ3v) is 4.15. The van der Waals surface area contributed by atoms with Crippen molar-refractivity contribution in [3.8, 4) is 0 Å². The Balaban J connectivity index is 1.81. The van der Waals surface area contributed by atoms with E-state index >= 15 is 0 Å². The zero-order valence-electron chi connectivity index (χ0n) is 8.98. The average molecular weight is 224 g/mol. The van der Waals surface area contributed by atoms with Gasteiger partial charge in [-0.2, -0.15) is 16.9 Å². The molecule has 1 aromatic heterocycles. The van der Waals surface area contributed by atoms with Gasteiger partial charge in [0.25, 0.3) is 0 Å². The Kier molecular flexibility index (Phi) is 3.46. The van der Waals surface area contributed by atoms with Crippen molar-refractivity contribution in [1.29, 1.82) is 0 Å². The summed E-state index contributed by atoms with van der Waals surface area (Å²) in [5, 5.41) is 4.72. The Morgan fingerprint density at radius 3 is 2.93 bits per heavy atom. The molecule has 1 aliphatic rings. The van der Waals surface area contributed by atoms with Crippen molar-refractivity contribution in [3.63, 3.8) is 0 Å². The predicted molar refractivity (Wildman–Crippen MR) is 62.3 cm³/mol. The molecule has 4 heteroatoms. The van der Waals surface area contributed by atoms with Crippen LogP contribution in [0.5, 0.6) is 0 Å². The van der Waals surface area contributed by atoms with Crippen molar-refractivity contribution >= 4 is 17.5 Å². The molecule has 1 saturated carbocycles. The Bertz CT molecular complexity index is 342. The van der Waals surface area contributed by atoms with E-state index in [1.807, 2.05) is 18.8 Å². The molecule has 0 saturated heterocycles. The van der Waals surface area contributed by atoms with E-state index in [9.17, 15) is 4.79 Å². The van der Waals surface area contributed by atoms with Gasteiger partial charge in [-0.1, -0.05) is 12.8 Å². The number of rotatable bonds is 4. The molecule has 0 aliphatic heterocycles. The molecule has 0 radical (unpaired) electrons. The minimum Gasteiger partial charge on any atom is -0.293 e. The van der Waals surface area contributed by atoms with Crippen LogP contribution in [0.2, 0.25) is 0 Å². The summed E-state index contributed by atoms with van der Waals surface area (Å²) < 4.78 is 1.67. The van der Waals surface area contributed by atoms with Gasteiger partial charge in [0.15, 0.2) is 5.78 Å². The molecule has 1 aliphatic carbocycles. The standard InChI is InChI=1S/C11H16N2OS/c1-13-7-9(6-12-13)11(14)8-15-10-4-2-3-5-10/h6-7,10H,2-5,8H2,1H3. The normalized spacial score (nSPS) is 17.1. The number of thioether (sulfide) groups is 1. The molecular formula is C11H16N2OS. The highest BCUT2D eigenvalue weighted by Crippen LogP contribution is 2.29. The number of Topliss-reactive ketones (excluding diaryl/α,β-unsaturated/α-hetero) is 1. The van der Waals surface area contributed by atoms with Gasteiger partial charge in [0.2, 0.25) is 0 Å². The number of nitrogens with zero attached hydrogens (tertiary/aromatic N) is 2. The third-order valence-electron chi connectivity index (χ3n) is 2.78. The number of aromatic nitrogens is 2. The van der Waals surface area contributed by atoms with Crippen LogP contribution in [0.15, 0.2) is 12.4 Å². The van der Waals surface area contributed by atoms with Crippen molar-refractivity contribution in [3.05, 3.63) is 18.0 Å². The molecule has 0 spiro atoms. The van der Waals surface area contributed by atoms with Crippen LogP contribution in [-0.2, 0) is 7.05 Å². The van der Waals surface area contributed by atoms with Gasteiger partial charge in [0, 0.05) is 18.5 Å². The van der Waals surface area contributed by atoms with Gasteiger partial charge in [-0.05, 0) is 12.8 Å². The molecule has 0 amide bonds. The molecule has 0 N–H and O–H groups in total. The number of hydrogen-bond donors (Lipinski definition) is 0. The van der Waals surface area contributed by atoms with Crippen LogP contribution in [0.3, 0.4) is 0 Å². The van der Waals surface area contributed by atoms with E-state index in [2.05, 4.69) is 5.10 Å². The van der Waals surface area contributed by atoms with Crippen LogP contribution < -0.4 is 0 Å². The Morgan fingerprint density at radius 1 is 1.60 bits per heavy atom. The van der Waals surface area contributed by atoms with Crippen LogP contribution in [0, 0.1) is 0 Å². The summed E-state index contributed by atoms with van der Waals surface area (Å²) in [7, 11) is 1.83. The lowest BCUT2D eigenvalue weighted by molar-refractivity contribution is 0.102. The van der Waals surface area contributed by atoms with Crippen LogP contribution >= 0.6 is 11.8 Å². The number of carbonyl (C=O) groups is 1. The third kappa shape index (κ3) is 2.84. The maximum Gasteiger partial charge on any atom is 0.175 e. The maximum absolute atomic E-state index is 11.7. The van der Waals surface area contributed by atoms with Gasteiger partial charge in [-0.15, -0.1) is 0 Å². The van der Waals surface area contributed by atoms with E-state index in [0.717, 1.165) is 5.56 Å². The minimum absolute atomic E-state index is 0.208. The first-order chi connectivity index (χ1) is 7.25. The topological polar surface area (TPSA) is 34.9 Å². The molecule has 0 aromatic carbocycles. The number of hydrogen-bond acceptors (Lipinski definition) is 3. The fourth-order valence-corrected chi connectivity index (χ4v) is 3.12. The van der Waals surface area contributed by atoms with E-state index < -0.39 is 0 Å². The van der Waals surface area contributed by atoms with Gasteiger partial charge in [-0.3, -0.25) is 9.48 Å². The fraction of sp³-hybridized carbons (Fsp3) is 0.636. The summed E-state index contributed by atoms with van der Waals surface area (Å²) in [6.07, 6.45) is 8.67. The van der Waals surface area contributed by atoms with Crippen molar-refractivity contribution in [2.75, 3.05) is 5.75 Å². The number of carbonyl (C=O) groups excluding carboxylic acids is 1. The predicted octanol–water partition coefficient (Wildman–Crippen LogP) is 2.28. The summed E-state index contributed by atoms with van der Waals surface area (Å²) in [6.45, 7) is 0. The van der Waals surface area contributed by atoms with Crippen LogP contribution in [0.1, 0.15) is 36.0 Å². The highest BCUT2D eigenvalue weighted by molar-refractivity contribution is 8.00. The Labute approximate surface area is 94.2 Å². The average Bonchev–Trinajstić information content (AvgIpc) is 2.84. The first-order valence-electron chi connectivity index (χ1n) is 5.39. The molecule has 0 atom stereocenters. The minimum atomic E-state index is 0.208. The van der Waals surface area contributed by atoms with Crippen LogP contribution in [-0.4, -0.2) is 26.6 Å². The molecule has 0 bridgehead atoms. The molecule has 15 heavy (non-hydrogen) atoms. The molecular weight excluding hydrogens is 208 g/mol. The monoisotopic (exact) mass is 224 g/mol. The second-order valence-electron chi connectivity index (χ2n) is 4.04. The molecule has 1 aromatic rings. The van der Waals surface area contributed by atoms with E-state index in [1.54, 1.807) is 17.1 Å². The van der Waals surface area contributed by atoms with Gasteiger partial charge < -0.3 is 0 Å². The number of aryl methyl sites for hydroxylation is 1. The fourth-order valence-electron chi connectivity index (χ4n) is 1.90. The highest BCUT2D eigenvalue weighted by atomic mass is 32.2. The van der Waals surface area contributed by atoms with Gasteiger partial charge in [0.05, 0.1) is 17.5 Å². The van der Waals surface area contributed by atoms with E-state index in [4.69, 9.17) is 0 Å². The SMILES string of the molecule is Cn1cc(C(=O)CSC2CCCC2)cn1. The van der Waals surface area contributed by atoms with Crippen LogP contribution in [0.4, 0.5) is 0 Å². The number of ketones is 1. The Hall–Kier alpha value is -0.770. The summed E-state index contributed by atoms with van der Waals surface area (Å²) in [5.74, 6) is 0.816. The molecule has 82 valence electrons. The van der Waals surface area contributed by atoms with Gasteiger partial charge >= 0.3 is 0 Å². The molecule has 1 fully saturated rings. The quantitative estimate of drug-likeness (QED) is 0.736. The van der Waals surface area contributed by atoms with Crippen molar-refractivity contribution in [1.82, 2.24) is 9.78 Å². The maximum atomic E-state index is 11.7. The van der Waals surface area contributed by atoms with Gasteiger partial charge in [0.1, 0.15) is 0 Å². The summed E-state index contributed by atoms with van der Waals surface area (Å²) in [6, 6.07) is 0. The zero-order chi connectivity index (χ0) is 10.7. The van der Waals surface area contributed by atoms with Crippen LogP contribution in [0.25, 0.3) is 0 Å². The summed E-state index contributed by atoms with van der Waals surface area (Å²) in [5.41, 5.74) is 0.739. The molecule has 0 unspecified atom stereocenters. The van der Waals surface area contributed by atoms with E-state index in [1.165, 1.54) is 25.7 Å². The largest absolute Gasteiger partial charge is 0.293 e. The molecule has 2 rings (SSSR count). The zero-order valence-corrected chi connectivity index (χ0v) is 9.80. The Morgan fingerprint density at radius 2 is 2.33 bits per heavy atom. The van der Waals surface area contributed by atoms with E-state index in [-0.39, 0.29) is 5.78 Å². The summed E-state index contributed by atoms with van der Waals surface area (Å²) in [4.78, 5) is 11.7. The van der Waals surface area contributed by atoms with Gasteiger partial charge in [-0.25, -0.2) is 0 Å². The first kappa shape index (κ1) is 10.7. The van der Waals surface area contributed by atoms with Crippen molar-refractivity contribution in [2.24, 2.45) is 7.05 Å². The first-order valence-corrected chi connectivity index (χ1v) is 6.44. The van der Waals surface area contributed by atoms with Crippen molar-refractivity contribution < 1.29 is 4.79 Å². The second kappa shape index (κ2) is 4.84. The highest BCUT2D eigenvalue weighted by Gasteiger charge is 2.17. The van der Waals surface area contributed by atoms with E-state index in [0.29, 0.717) is 11.0 Å².